The molecule has 0 unspecified atom stereocenters. The molecule has 0 aliphatic rings. The SMILES string of the molecule is Cc1cc(C)cc(N(C)C(=O)CCS(=O)(=O)c2ccc(Cl)cc2)c1. The molecular formula is C18H20ClNO3S. The number of amides is 1. The Bertz CT molecular complexity index is 825. The highest BCUT2D eigenvalue weighted by atomic mass is 35.5. The van der Waals surface area contributed by atoms with Crippen molar-refractivity contribution >= 4 is 33.0 Å². The van der Waals surface area contributed by atoms with Crippen molar-refractivity contribution in [2.45, 2.75) is 25.2 Å². The van der Waals surface area contributed by atoms with Crippen LogP contribution in [0.3, 0.4) is 0 Å². The van der Waals surface area contributed by atoms with E-state index in [9.17, 15) is 13.2 Å². The molecule has 0 atom stereocenters. The number of hydrogen-bond acceptors (Lipinski definition) is 3. The van der Waals surface area contributed by atoms with Gasteiger partial charge in [0, 0.05) is 24.2 Å². The lowest BCUT2D eigenvalue weighted by Crippen LogP contribution is -2.28. The van der Waals surface area contributed by atoms with Gasteiger partial charge in [0.15, 0.2) is 9.84 Å². The van der Waals surface area contributed by atoms with Crippen LogP contribution in [-0.4, -0.2) is 27.1 Å². The van der Waals surface area contributed by atoms with E-state index in [0.717, 1.165) is 16.8 Å². The molecule has 0 heterocycles. The minimum Gasteiger partial charge on any atom is -0.315 e. The number of carbonyl (C=O) groups is 1. The van der Waals surface area contributed by atoms with E-state index < -0.39 is 9.84 Å². The molecule has 0 spiro atoms. The van der Waals surface area contributed by atoms with Crippen LogP contribution in [0.4, 0.5) is 5.69 Å². The van der Waals surface area contributed by atoms with E-state index in [1.165, 1.54) is 29.2 Å². The van der Waals surface area contributed by atoms with E-state index >= 15 is 0 Å². The zero-order valence-corrected chi connectivity index (χ0v) is 15.5. The Labute approximate surface area is 148 Å². The average molecular weight is 366 g/mol. The fourth-order valence-corrected chi connectivity index (χ4v) is 3.79. The van der Waals surface area contributed by atoms with Crippen LogP contribution in [0.1, 0.15) is 17.5 Å². The Morgan fingerprint density at radius 1 is 1.04 bits per heavy atom. The number of benzene rings is 2. The van der Waals surface area contributed by atoms with Gasteiger partial charge >= 0.3 is 0 Å². The number of carbonyl (C=O) groups excluding carboxylic acids is 1. The van der Waals surface area contributed by atoms with Crippen LogP contribution >= 0.6 is 11.6 Å². The lowest BCUT2D eigenvalue weighted by molar-refractivity contribution is -0.117. The summed E-state index contributed by atoms with van der Waals surface area (Å²) in [4.78, 5) is 14.0. The molecule has 0 aliphatic heterocycles. The maximum absolute atomic E-state index is 12.3. The molecule has 128 valence electrons. The lowest BCUT2D eigenvalue weighted by atomic mass is 10.1. The van der Waals surface area contributed by atoms with Crippen molar-refractivity contribution in [3.8, 4) is 0 Å². The topological polar surface area (TPSA) is 54.5 Å². The fraction of sp³-hybridized carbons (Fsp3) is 0.278. The van der Waals surface area contributed by atoms with Crippen molar-refractivity contribution in [3.05, 3.63) is 58.6 Å². The maximum Gasteiger partial charge on any atom is 0.227 e. The molecule has 0 N–H and O–H groups in total. The highest BCUT2D eigenvalue weighted by Gasteiger charge is 2.19. The first kappa shape index (κ1) is 18.5. The zero-order chi connectivity index (χ0) is 17.9. The van der Waals surface area contributed by atoms with E-state index in [1.807, 2.05) is 32.0 Å². The second-order valence-electron chi connectivity index (χ2n) is 5.82. The van der Waals surface area contributed by atoms with E-state index in [2.05, 4.69) is 0 Å². The third kappa shape index (κ3) is 4.58. The minimum absolute atomic E-state index is 0.0750. The molecule has 0 saturated carbocycles. The predicted octanol–water partition coefficient (Wildman–Crippen LogP) is 3.78. The molecule has 2 aromatic rings. The Hall–Kier alpha value is -1.85. The number of nitrogens with zero attached hydrogens (tertiary/aromatic N) is 1. The molecule has 0 fully saturated rings. The van der Waals surface area contributed by atoms with Crippen LogP contribution in [0.2, 0.25) is 5.02 Å². The summed E-state index contributed by atoms with van der Waals surface area (Å²) >= 11 is 5.77. The van der Waals surface area contributed by atoms with Gasteiger partial charge in [-0.05, 0) is 61.4 Å². The van der Waals surface area contributed by atoms with Crippen molar-refractivity contribution in [1.82, 2.24) is 0 Å². The number of sulfone groups is 1. The number of halogens is 1. The molecule has 24 heavy (non-hydrogen) atoms. The maximum atomic E-state index is 12.3. The number of hydrogen-bond donors (Lipinski definition) is 0. The second-order valence-corrected chi connectivity index (χ2v) is 8.37. The molecule has 2 rings (SSSR count). The summed E-state index contributed by atoms with van der Waals surface area (Å²) in [6.07, 6.45) is -0.0750. The van der Waals surface area contributed by atoms with Crippen LogP contribution in [0.15, 0.2) is 47.4 Å². The van der Waals surface area contributed by atoms with Crippen molar-refractivity contribution in [2.75, 3.05) is 17.7 Å². The minimum atomic E-state index is -3.51. The molecule has 6 heteroatoms. The second kappa shape index (κ2) is 7.36. The molecule has 0 bridgehead atoms. The van der Waals surface area contributed by atoms with Crippen LogP contribution < -0.4 is 4.90 Å². The molecular weight excluding hydrogens is 346 g/mol. The zero-order valence-electron chi connectivity index (χ0n) is 13.9. The smallest absolute Gasteiger partial charge is 0.227 e. The summed E-state index contributed by atoms with van der Waals surface area (Å²) in [5.41, 5.74) is 2.87. The van der Waals surface area contributed by atoms with Gasteiger partial charge in [0.2, 0.25) is 5.91 Å². The van der Waals surface area contributed by atoms with Crippen molar-refractivity contribution in [2.24, 2.45) is 0 Å². The largest absolute Gasteiger partial charge is 0.315 e. The van der Waals surface area contributed by atoms with Gasteiger partial charge in [-0.2, -0.15) is 0 Å². The quantitative estimate of drug-likeness (QED) is 0.810. The molecule has 0 saturated heterocycles. The molecule has 0 aliphatic carbocycles. The monoisotopic (exact) mass is 365 g/mol. The third-order valence-electron chi connectivity index (χ3n) is 3.73. The van der Waals surface area contributed by atoms with E-state index in [1.54, 1.807) is 7.05 Å². The number of anilines is 1. The van der Waals surface area contributed by atoms with E-state index in [0.29, 0.717) is 5.02 Å². The first-order valence-corrected chi connectivity index (χ1v) is 9.55. The summed E-state index contributed by atoms with van der Waals surface area (Å²) in [6.45, 7) is 3.92. The summed E-state index contributed by atoms with van der Waals surface area (Å²) < 4.78 is 24.6. The van der Waals surface area contributed by atoms with Gasteiger partial charge in [-0.1, -0.05) is 17.7 Å². The number of aryl methyl sites for hydroxylation is 2. The highest BCUT2D eigenvalue weighted by Crippen LogP contribution is 2.20. The van der Waals surface area contributed by atoms with Gasteiger partial charge in [-0.15, -0.1) is 0 Å². The van der Waals surface area contributed by atoms with E-state index in [-0.39, 0.29) is 23.0 Å². The summed E-state index contributed by atoms with van der Waals surface area (Å²) in [5, 5.41) is 0.472. The fourth-order valence-electron chi connectivity index (χ4n) is 2.44. The Morgan fingerprint density at radius 3 is 2.12 bits per heavy atom. The Kier molecular flexibility index (Phi) is 5.67. The molecule has 0 aromatic heterocycles. The van der Waals surface area contributed by atoms with Crippen molar-refractivity contribution in [3.63, 3.8) is 0 Å². The molecule has 4 nitrogen and oxygen atoms in total. The first-order valence-electron chi connectivity index (χ1n) is 7.52. The predicted molar refractivity (Wildman–Crippen MR) is 97.4 cm³/mol. The van der Waals surface area contributed by atoms with Gasteiger partial charge in [-0.3, -0.25) is 4.79 Å². The third-order valence-corrected chi connectivity index (χ3v) is 5.71. The average Bonchev–Trinajstić information content (AvgIpc) is 2.51. The first-order chi connectivity index (χ1) is 11.2. The number of rotatable bonds is 5. The summed E-state index contributed by atoms with van der Waals surface area (Å²) in [5.74, 6) is -0.472. The highest BCUT2D eigenvalue weighted by molar-refractivity contribution is 7.91. The van der Waals surface area contributed by atoms with Gasteiger partial charge < -0.3 is 4.90 Å². The lowest BCUT2D eigenvalue weighted by Gasteiger charge is -2.18. The van der Waals surface area contributed by atoms with Crippen LogP contribution in [-0.2, 0) is 14.6 Å². The normalized spacial score (nSPS) is 11.3. The molecule has 1 amide bonds. The van der Waals surface area contributed by atoms with Crippen LogP contribution in [0.5, 0.6) is 0 Å². The Balaban J connectivity index is 2.07. The van der Waals surface area contributed by atoms with Crippen LogP contribution in [0.25, 0.3) is 0 Å². The summed E-state index contributed by atoms with van der Waals surface area (Å²) in [7, 11) is -1.85. The standard InChI is InChI=1S/C18H20ClNO3S/c1-13-10-14(2)12-16(11-13)20(3)18(21)8-9-24(22,23)17-6-4-15(19)5-7-17/h4-7,10-12H,8-9H2,1-3H3. The van der Waals surface area contributed by atoms with E-state index in [4.69, 9.17) is 11.6 Å². The Morgan fingerprint density at radius 2 is 1.58 bits per heavy atom. The van der Waals surface area contributed by atoms with Crippen molar-refractivity contribution in [1.29, 1.82) is 0 Å². The summed E-state index contributed by atoms with van der Waals surface area (Å²) in [6, 6.07) is 11.8. The molecule has 2 aromatic carbocycles. The molecule has 0 radical (unpaired) electrons. The van der Waals surface area contributed by atoms with Gasteiger partial charge in [0.25, 0.3) is 0 Å². The van der Waals surface area contributed by atoms with Crippen molar-refractivity contribution < 1.29 is 13.2 Å². The van der Waals surface area contributed by atoms with Gasteiger partial charge in [0.1, 0.15) is 0 Å². The van der Waals surface area contributed by atoms with Gasteiger partial charge in [0.05, 0.1) is 10.6 Å². The van der Waals surface area contributed by atoms with Crippen LogP contribution in [0, 0.1) is 13.8 Å². The van der Waals surface area contributed by atoms with Gasteiger partial charge in [-0.25, -0.2) is 8.42 Å².